The summed E-state index contributed by atoms with van der Waals surface area (Å²) in [5.41, 5.74) is 5.81. The number of halogens is 1. The van der Waals surface area contributed by atoms with Gasteiger partial charge in [-0.3, -0.25) is 14.4 Å². The van der Waals surface area contributed by atoms with E-state index in [9.17, 15) is 27.2 Å². The summed E-state index contributed by atoms with van der Waals surface area (Å²) >= 11 is 0. The van der Waals surface area contributed by atoms with E-state index in [2.05, 4.69) is 10.6 Å². The Bertz CT molecular complexity index is 832. The van der Waals surface area contributed by atoms with Crippen LogP contribution in [0.25, 0.3) is 0 Å². The van der Waals surface area contributed by atoms with E-state index in [1.54, 1.807) is 6.92 Å². The first kappa shape index (κ1) is 24.2. The van der Waals surface area contributed by atoms with Crippen LogP contribution >= 0.6 is 0 Å². The van der Waals surface area contributed by atoms with E-state index in [1.807, 2.05) is 4.72 Å². The van der Waals surface area contributed by atoms with Crippen molar-refractivity contribution in [2.75, 3.05) is 13.1 Å². The van der Waals surface area contributed by atoms with E-state index < -0.39 is 44.9 Å². The number of Topliss-reactive ketones (excluding diaryl/α,β-unsaturated/α-hetero) is 1. The van der Waals surface area contributed by atoms with Gasteiger partial charge in [-0.25, -0.2) is 17.5 Å². The molecule has 2 amide bonds. The number of carbonyl (C=O) groups excluding carboxylic acids is 3. The van der Waals surface area contributed by atoms with Gasteiger partial charge in [-0.2, -0.15) is 0 Å². The summed E-state index contributed by atoms with van der Waals surface area (Å²) in [4.78, 5) is 35.4. The number of rotatable bonds is 8. The number of nitrogens with two attached hydrogens (primary N) is 1. The third kappa shape index (κ3) is 7.29. The molecule has 0 spiro atoms. The molecule has 0 aromatic rings. The molecule has 9 nitrogen and oxygen atoms in total. The molecule has 0 saturated carbocycles. The van der Waals surface area contributed by atoms with Gasteiger partial charge in [0, 0.05) is 12.5 Å². The van der Waals surface area contributed by atoms with Crippen LogP contribution < -0.4 is 21.1 Å². The molecule has 1 aliphatic heterocycles. The molecule has 11 heteroatoms. The average molecular weight is 445 g/mol. The summed E-state index contributed by atoms with van der Waals surface area (Å²) in [6.07, 6.45) is 4.05. The average Bonchev–Trinajstić information content (AvgIpc) is 2.91. The maximum atomic E-state index is 13.1. The fourth-order valence-electron chi connectivity index (χ4n) is 3.41. The molecular formula is C19H29FN4O5S. The molecule has 2 unspecified atom stereocenters. The quantitative estimate of drug-likeness (QED) is 0.416. The van der Waals surface area contributed by atoms with Crippen LogP contribution in [0.4, 0.5) is 4.39 Å². The highest BCUT2D eigenvalue weighted by Gasteiger charge is 2.29. The Morgan fingerprint density at radius 3 is 2.73 bits per heavy atom. The minimum absolute atomic E-state index is 0.105. The Balaban J connectivity index is 1.82. The summed E-state index contributed by atoms with van der Waals surface area (Å²) < 4.78 is 39.4. The molecule has 3 atom stereocenters. The predicted molar refractivity (Wildman–Crippen MR) is 109 cm³/mol. The molecule has 1 heterocycles. The lowest BCUT2D eigenvalue weighted by Crippen LogP contribution is -2.45. The summed E-state index contributed by atoms with van der Waals surface area (Å²) in [6.45, 7) is 3.54. The van der Waals surface area contributed by atoms with Crippen LogP contribution in [0, 0.1) is 5.92 Å². The molecule has 1 saturated heterocycles. The normalized spacial score (nSPS) is 22.2. The summed E-state index contributed by atoms with van der Waals surface area (Å²) in [5, 5.41) is 6.26. The first-order valence-corrected chi connectivity index (χ1v) is 11.5. The van der Waals surface area contributed by atoms with Gasteiger partial charge in [0.25, 0.3) is 15.9 Å². The first-order chi connectivity index (χ1) is 14.1. The molecule has 0 aromatic carbocycles. The Hall–Kier alpha value is -2.11. The van der Waals surface area contributed by atoms with Crippen molar-refractivity contribution < 1.29 is 27.2 Å². The van der Waals surface area contributed by atoms with Crippen LogP contribution in [0.5, 0.6) is 0 Å². The number of hydrogen-bond donors (Lipinski definition) is 4. The number of hydrogen-bond acceptors (Lipinski definition) is 7. The van der Waals surface area contributed by atoms with Gasteiger partial charge in [-0.05, 0) is 56.8 Å². The fraction of sp³-hybridized carbons (Fsp3) is 0.632. The second-order valence-corrected chi connectivity index (χ2v) is 9.55. The van der Waals surface area contributed by atoms with Crippen molar-refractivity contribution in [3.63, 3.8) is 0 Å². The van der Waals surface area contributed by atoms with Crippen LogP contribution in [-0.4, -0.2) is 51.2 Å². The van der Waals surface area contributed by atoms with Gasteiger partial charge in [0.05, 0.1) is 17.4 Å². The van der Waals surface area contributed by atoms with Crippen molar-refractivity contribution in [1.29, 1.82) is 0 Å². The van der Waals surface area contributed by atoms with Crippen molar-refractivity contribution in [1.82, 2.24) is 15.4 Å². The predicted octanol–water partition coefficient (Wildman–Crippen LogP) is 0.144. The first-order valence-electron chi connectivity index (χ1n) is 10.0. The Kier molecular flexibility index (Phi) is 8.68. The van der Waals surface area contributed by atoms with Crippen LogP contribution in [0.2, 0.25) is 0 Å². The fourth-order valence-corrected chi connectivity index (χ4v) is 4.52. The number of ketones is 1. The van der Waals surface area contributed by atoms with Crippen LogP contribution in [0.3, 0.4) is 0 Å². The molecule has 0 radical (unpaired) electrons. The molecule has 0 bridgehead atoms. The molecule has 0 aromatic heterocycles. The Morgan fingerprint density at radius 1 is 1.30 bits per heavy atom. The highest BCUT2D eigenvalue weighted by atomic mass is 32.2. The number of nitrogens with one attached hydrogen (secondary N) is 3. The zero-order valence-corrected chi connectivity index (χ0v) is 17.8. The van der Waals surface area contributed by atoms with Gasteiger partial charge in [0.15, 0.2) is 11.6 Å². The Morgan fingerprint density at radius 2 is 2.03 bits per heavy atom. The van der Waals surface area contributed by atoms with Crippen LogP contribution in [0.1, 0.15) is 45.4 Å². The van der Waals surface area contributed by atoms with E-state index in [-0.39, 0.29) is 30.7 Å². The maximum absolute atomic E-state index is 13.1. The zero-order valence-electron chi connectivity index (χ0n) is 16.9. The largest absolute Gasteiger partial charge is 0.353 e. The molecule has 168 valence electrons. The highest BCUT2D eigenvalue weighted by molar-refractivity contribution is 7.94. The summed E-state index contributed by atoms with van der Waals surface area (Å²) in [5.74, 6) is -3.33. The molecule has 30 heavy (non-hydrogen) atoms. The minimum atomic E-state index is -4.30. The van der Waals surface area contributed by atoms with E-state index in [1.165, 1.54) is 0 Å². The lowest BCUT2D eigenvalue weighted by Gasteiger charge is -2.20. The van der Waals surface area contributed by atoms with Crippen molar-refractivity contribution in [3.05, 3.63) is 22.9 Å². The van der Waals surface area contributed by atoms with E-state index in [0.717, 1.165) is 44.5 Å². The molecule has 5 N–H and O–H groups in total. The third-order valence-corrected chi connectivity index (χ3v) is 6.51. The lowest BCUT2D eigenvalue weighted by atomic mass is 9.98. The van der Waals surface area contributed by atoms with Gasteiger partial charge in [0.2, 0.25) is 5.91 Å². The summed E-state index contributed by atoms with van der Waals surface area (Å²) in [7, 11) is -4.30. The van der Waals surface area contributed by atoms with Crippen LogP contribution in [-0.2, 0) is 24.4 Å². The topological polar surface area (TPSA) is 147 Å². The SMILES string of the molecule is CC(CC(=O)NC1CCCNCC1)C[C@H](N)C(=O)NS(=O)(=O)C1=CC=C(F)C(=O)C1. The van der Waals surface area contributed by atoms with E-state index in [0.29, 0.717) is 0 Å². The standard InChI is InChI=1S/C19H29FN4O5S/c1-12(10-18(26)23-13-3-2-7-22-8-6-13)9-16(21)19(27)24-30(28,29)14-4-5-15(20)17(25)11-14/h4-5,12-13,16,22H,2-3,6-11,21H2,1H3,(H,23,26)(H,24,27)/t12?,13?,16-/m0/s1. The molecule has 2 aliphatic rings. The van der Waals surface area contributed by atoms with Crippen molar-refractivity contribution in [3.8, 4) is 0 Å². The molecule has 2 rings (SSSR count). The van der Waals surface area contributed by atoms with Crippen molar-refractivity contribution in [2.45, 2.75) is 57.5 Å². The van der Waals surface area contributed by atoms with E-state index >= 15 is 0 Å². The van der Waals surface area contributed by atoms with Crippen molar-refractivity contribution in [2.24, 2.45) is 11.7 Å². The summed E-state index contributed by atoms with van der Waals surface area (Å²) in [6, 6.07) is -1.04. The molecule has 1 aliphatic carbocycles. The number of amides is 2. The zero-order chi connectivity index (χ0) is 22.3. The lowest BCUT2D eigenvalue weighted by molar-refractivity contribution is -0.124. The Labute approximate surface area is 175 Å². The highest BCUT2D eigenvalue weighted by Crippen LogP contribution is 2.20. The van der Waals surface area contributed by atoms with Gasteiger partial charge < -0.3 is 16.4 Å². The number of sulfonamides is 1. The second-order valence-electron chi connectivity index (χ2n) is 7.81. The van der Waals surface area contributed by atoms with Gasteiger partial charge in [-0.15, -0.1) is 0 Å². The monoisotopic (exact) mass is 444 g/mol. The molecule has 1 fully saturated rings. The minimum Gasteiger partial charge on any atom is -0.353 e. The van der Waals surface area contributed by atoms with Gasteiger partial charge in [0.1, 0.15) is 0 Å². The van der Waals surface area contributed by atoms with E-state index in [4.69, 9.17) is 5.73 Å². The smallest absolute Gasteiger partial charge is 0.260 e. The van der Waals surface area contributed by atoms with Crippen molar-refractivity contribution >= 4 is 27.6 Å². The van der Waals surface area contributed by atoms with Gasteiger partial charge in [-0.1, -0.05) is 6.92 Å². The second kappa shape index (κ2) is 10.8. The number of allylic oxidation sites excluding steroid dienone is 4. The van der Waals surface area contributed by atoms with Crippen LogP contribution in [0.15, 0.2) is 22.9 Å². The third-order valence-electron chi connectivity index (χ3n) is 5.06. The molecular weight excluding hydrogens is 415 g/mol. The maximum Gasteiger partial charge on any atom is 0.260 e. The van der Waals surface area contributed by atoms with Gasteiger partial charge >= 0.3 is 0 Å². The number of carbonyl (C=O) groups is 3.